The number of hydrogen-bond donors (Lipinski definition) is 1. The average Bonchev–Trinajstić information content (AvgIpc) is 2.22. The Morgan fingerprint density at radius 1 is 1.29 bits per heavy atom. The highest BCUT2D eigenvalue weighted by Gasteiger charge is 2.35. The van der Waals surface area contributed by atoms with E-state index in [4.69, 9.17) is 5.73 Å². The minimum absolute atomic E-state index is 0.148. The van der Waals surface area contributed by atoms with Gasteiger partial charge >= 0.3 is 6.18 Å². The fraction of sp³-hybridized carbons (Fsp3) is 0.600. The molecule has 7 heteroatoms. The lowest BCUT2D eigenvalue weighted by atomic mass is 10.3. The first-order valence-corrected chi connectivity index (χ1v) is 6.26. The predicted molar refractivity (Wildman–Crippen MR) is 61.7 cm³/mol. The number of hydrogen-bond acceptors (Lipinski definition) is 4. The molecule has 2 N–H and O–H groups in total. The first-order chi connectivity index (χ1) is 7.93. The SMILES string of the molecule is CCCCCSc1cc(N)nc(C(F)(F)F)n1. The summed E-state index contributed by atoms with van der Waals surface area (Å²) in [4.78, 5) is 6.63. The monoisotopic (exact) mass is 265 g/mol. The standard InChI is InChI=1S/C10H14F3N3S/c1-2-3-4-5-17-8-6-7(14)15-9(16-8)10(11,12)13/h6H,2-5H2,1H3,(H2,14,15,16). The van der Waals surface area contributed by atoms with E-state index < -0.39 is 12.0 Å². The molecule has 0 fully saturated rings. The highest BCUT2D eigenvalue weighted by molar-refractivity contribution is 7.99. The van der Waals surface area contributed by atoms with Crippen LogP contribution in [0.5, 0.6) is 0 Å². The Kier molecular flexibility index (Phi) is 5.04. The molecule has 0 atom stereocenters. The van der Waals surface area contributed by atoms with Crippen molar-refractivity contribution >= 4 is 17.6 Å². The topological polar surface area (TPSA) is 51.8 Å². The molecule has 0 saturated carbocycles. The quantitative estimate of drug-likeness (QED) is 0.504. The third kappa shape index (κ3) is 4.80. The third-order valence-electron chi connectivity index (χ3n) is 1.97. The summed E-state index contributed by atoms with van der Waals surface area (Å²) in [5, 5.41) is 0.279. The maximum atomic E-state index is 12.4. The molecule has 0 radical (unpaired) electrons. The number of rotatable bonds is 5. The van der Waals surface area contributed by atoms with Crippen molar-refractivity contribution in [3.05, 3.63) is 11.9 Å². The van der Waals surface area contributed by atoms with Crippen LogP contribution in [-0.2, 0) is 6.18 Å². The van der Waals surface area contributed by atoms with Crippen LogP contribution in [0.25, 0.3) is 0 Å². The third-order valence-corrected chi connectivity index (χ3v) is 2.97. The van der Waals surface area contributed by atoms with Crippen LogP contribution in [0.15, 0.2) is 11.1 Å². The zero-order valence-electron chi connectivity index (χ0n) is 9.42. The number of aromatic nitrogens is 2. The van der Waals surface area contributed by atoms with Gasteiger partial charge < -0.3 is 5.73 Å². The molecule has 0 aliphatic heterocycles. The van der Waals surface area contributed by atoms with Crippen LogP contribution in [0.2, 0.25) is 0 Å². The van der Waals surface area contributed by atoms with Crippen molar-refractivity contribution in [2.24, 2.45) is 0 Å². The molecule has 3 nitrogen and oxygen atoms in total. The van der Waals surface area contributed by atoms with E-state index in [1.54, 1.807) is 0 Å². The summed E-state index contributed by atoms with van der Waals surface area (Å²) < 4.78 is 37.2. The van der Waals surface area contributed by atoms with Crippen molar-refractivity contribution in [1.82, 2.24) is 9.97 Å². The van der Waals surface area contributed by atoms with E-state index in [2.05, 4.69) is 16.9 Å². The lowest BCUT2D eigenvalue weighted by Crippen LogP contribution is -2.12. The van der Waals surface area contributed by atoms with E-state index in [1.165, 1.54) is 17.8 Å². The Hall–Kier alpha value is -0.980. The second kappa shape index (κ2) is 6.09. The van der Waals surface area contributed by atoms with Crippen molar-refractivity contribution in [2.75, 3.05) is 11.5 Å². The molecular weight excluding hydrogens is 251 g/mol. The molecule has 1 rings (SSSR count). The largest absolute Gasteiger partial charge is 0.451 e. The van der Waals surface area contributed by atoms with E-state index in [0.29, 0.717) is 0 Å². The fourth-order valence-electron chi connectivity index (χ4n) is 1.17. The summed E-state index contributed by atoms with van der Waals surface area (Å²) in [6.45, 7) is 2.06. The van der Waals surface area contributed by atoms with Gasteiger partial charge in [0.1, 0.15) is 10.8 Å². The van der Waals surface area contributed by atoms with Gasteiger partial charge in [0.05, 0.1) is 0 Å². The van der Waals surface area contributed by atoms with Crippen LogP contribution in [0, 0.1) is 0 Å². The number of unbranched alkanes of at least 4 members (excludes halogenated alkanes) is 2. The molecule has 0 bridgehead atoms. The minimum atomic E-state index is -4.55. The van der Waals surface area contributed by atoms with Gasteiger partial charge in [0.25, 0.3) is 0 Å². The molecule has 1 aromatic rings. The minimum Gasteiger partial charge on any atom is -0.384 e. The zero-order valence-corrected chi connectivity index (χ0v) is 10.2. The van der Waals surface area contributed by atoms with Gasteiger partial charge in [0.2, 0.25) is 5.82 Å². The van der Waals surface area contributed by atoms with Crippen LogP contribution < -0.4 is 5.73 Å². The molecule has 0 saturated heterocycles. The van der Waals surface area contributed by atoms with E-state index in [0.717, 1.165) is 25.0 Å². The Balaban J connectivity index is 2.69. The van der Waals surface area contributed by atoms with Crippen LogP contribution in [0.3, 0.4) is 0 Å². The maximum Gasteiger partial charge on any atom is 0.451 e. The highest BCUT2D eigenvalue weighted by Crippen LogP contribution is 2.29. The number of anilines is 1. The van der Waals surface area contributed by atoms with Crippen molar-refractivity contribution < 1.29 is 13.2 Å². The second-order valence-corrected chi connectivity index (χ2v) is 4.62. The molecule has 0 unspecified atom stereocenters. The molecule has 1 heterocycles. The molecule has 17 heavy (non-hydrogen) atoms. The van der Waals surface area contributed by atoms with Gasteiger partial charge in [-0.3, -0.25) is 0 Å². The lowest BCUT2D eigenvalue weighted by molar-refractivity contribution is -0.145. The zero-order chi connectivity index (χ0) is 12.9. The maximum absolute atomic E-state index is 12.4. The highest BCUT2D eigenvalue weighted by atomic mass is 32.2. The first-order valence-electron chi connectivity index (χ1n) is 5.28. The number of nitrogen functional groups attached to an aromatic ring is 1. The number of nitrogens with two attached hydrogens (primary N) is 1. The predicted octanol–water partition coefficient (Wildman–Crippen LogP) is 3.36. The molecule has 0 aliphatic rings. The molecule has 0 aliphatic carbocycles. The number of nitrogens with zero attached hydrogens (tertiary/aromatic N) is 2. The van der Waals surface area contributed by atoms with E-state index in [1.807, 2.05) is 0 Å². The molecule has 96 valence electrons. The van der Waals surface area contributed by atoms with Crippen LogP contribution in [0.4, 0.5) is 19.0 Å². The summed E-state index contributed by atoms with van der Waals surface area (Å²) in [5.74, 6) is -0.581. The Morgan fingerprint density at radius 2 is 2.00 bits per heavy atom. The van der Waals surface area contributed by atoms with Gasteiger partial charge in [-0.05, 0) is 12.2 Å². The van der Waals surface area contributed by atoms with Gasteiger partial charge in [0, 0.05) is 6.07 Å². The molecule has 1 aromatic heterocycles. The van der Waals surface area contributed by atoms with Crippen LogP contribution in [0.1, 0.15) is 32.0 Å². The van der Waals surface area contributed by atoms with Crippen molar-refractivity contribution in [3.63, 3.8) is 0 Å². The Bertz CT molecular complexity index is 368. The smallest absolute Gasteiger partial charge is 0.384 e. The molecule has 0 aromatic carbocycles. The summed E-state index contributed by atoms with van der Waals surface area (Å²) in [5.41, 5.74) is 5.32. The number of halogens is 3. The summed E-state index contributed by atoms with van der Waals surface area (Å²) >= 11 is 1.27. The Labute approximate surface area is 102 Å². The van der Waals surface area contributed by atoms with Crippen molar-refractivity contribution in [1.29, 1.82) is 0 Å². The normalized spacial score (nSPS) is 11.8. The summed E-state index contributed by atoms with van der Waals surface area (Å²) in [6.07, 6.45) is -1.47. The molecule has 0 spiro atoms. The van der Waals surface area contributed by atoms with Gasteiger partial charge in [-0.15, -0.1) is 11.8 Å². The van der Waals surface area contributed by atoms with Gasteiger partial charge in [-0.25, -0.2) is 9.97 Å². The van der Waals surface area contributed by atoms with Crippen LogP contribution in [-0.4, -0.2) is 15.7 Å². The number of alkyl halides is 3. The second-order valence-electron chi connectivity index (χ2n) is 3.51. The van der Waals surface area contributed by atoms with E-state index in [9.17, 15) is 13.2 Å². The number of thioether (sulfide) groups is 1. The summed E-state index contributed by atoms with van der Waals surface area (Å²) in [6, 6.07) is 1.37. The van der Waals surface area contributed by atoms with Gasteiger partial charge in [-0.2, -0.15) is 13.2 Å². The first kappa shape index (κ1) is 14.1. The summed E-state index contributed by atoms with van der Waals surface area (Å²) in [7, 11) is 0. The fourth-order valence-corrected chi connectivity index (χ4v) is 2.08. The van der Waals surface area contributed by atoms with Crippen molar-refractivity contribution in [2.45, 2.75) is 37.4 Å². The van der Waals surface area contributed by atoms with E-state index >= 15 is 0 Å². The molecule has 0 amide bonds. The molecular formula is C10H14F3N3S. The lowest BCUT2D eigenvalue weighted by Gasteiger charge is -2.07. The van der Waals surface area contributed by atoms with E-state index in [-0.39, 0.29) is 10.8 Å². The van der Waals surface area contributed by atoms with Gasteiger partial charge in [-0.1, -0.05) is 19.8 Å². The Morgan fingerprint density at radius 3 is 2.59 bits per heavy atom. The van der Waals surface area contributed by atoms with Crippen LogP contribution >= 0.6 is 11.8 Å². The van der Waals surface area contributed by atoms with Gasteiger partial charge in [0.15, 0.2) is 0 Å². The average molecular weight is 265 g/mol. The van der Waals surface area contributed by atoms with Crippen molar-refractivity contribution in [3.8, 4) is 0 Å².